The molecule has 5 aromatic rings. The Balaban J connectivity index is 0.000000259. The van der Waals surface area contributed by atoms with Crippen LogP contribution in [0.4, 0.5) is 18.9 Å². The van der Waals surface area contributed by atoms with Gasteiger partial charge in [0.25, 0.3) is 0 Å². The zero-order valence-electron chi connectivity index (χ0n) is 24.3. The highest BCUT2D eigenvalue weighted by atomic mass is 19.4. The van der Waals surface area contributed by atoms with Crippen LogP contribution in [0.15, 0.2) is 61.2 Å². The molecule has 6 rings (SSSR count). The minimum Gasteiger partial charge on any atom is -0.478 e. The Hall–Kier alpha value is -5.24. The Morgan fingerprint density at radius 3 is 2.22 bits per heavy atom. The van der Waals surface area contributed by atoms with Gasteiger partial charge in [-0.1, -0.05) is 18.2 Å². The van der Waals surface area contributed by atoms with E-state index in [4.69, 9.17) is 14.9 Å². The highest BCUT2D eigenvalue weighted by molar-refractivity contribution is 5.96. The smallest absolute Gasteiger partial charge is 0.416 e. The minimum atomic E-state index is -4.39. The summed E-state index contributed by atoms with van der Waals surface area (Å²) in [5, 5.41) is 24.3. The summed E-state index contributed by atoms with van der Waals surface area (Å²) in [6, 6.07) is 12.5. The molecule has 0 bridgehead atoms. The summed E-state index contributed by atoms with van der Waals surface area (Å²) in [5.41, 5.74) is 3.79. The van der Waals surface area contributed by atoms with Crippen molar-refractivity contribution in [3.05, 3.63) is 94.6 Å². The standard InChI is InChI=1S/C22H21F3N6O.C9H8O4/c1-14-15(3-2-4-18(14)22(23,24)25)11-31-13-27-20-17(21-26-12-28-29-21)9-16(10-19(20)31)30-5-7-32-8-6-30;1-5-6(8(10)11)3-2-4-7(5)9(12)13/h2-4,9-10,12-13H,5-8,11H2,1H3,(H,26,28,29);2-4H,1H3,(H,10,11)(H,12,13). The lowest BCUT2D eigenvalue weighted by atomic mass is 10.0. The van der Waals surface area contributed by atoms with E-state index in [1.54, 1.807) is 12.4 Å². The van der Waals surface area contributed by atoms with Crippen LogP contribution < -0.4 is 4.90 Å². The first-order valence-electron chi connectivity index (χ1n) is 13.8. The number of carboxylic acids is 2. The second-order valence-corrected chi connectivity index (χ2v) is 10.3. The lowest BCUT2D eigenvalue weighted by Gasteiger charge is -2.29. The summed E-state index contributed by atoms with van der Waals surface area (Å²) >= 11 is 0. The quantitative estimate of drug-likeness (QED) is 0.226. The molecule has 3 aromatic carbocycles. The molecule has 0 saturated carbocycles. The number of H-pyrrole nitrogens is 1. The monoisotopic (exact) mass is 622 g/mol. The first-order valence-corrected chi connectivity index (χ1v) is 13.8. The molecule has 0 atom stereocenters. The Kier molecular flexibility index (Phi) is 8.86. The first kappa shape index (κ1) is 31.2. The molecule has 45 heavy (non-hydrogen) atoms. The zero-order chi connectivity index (χ0) is 32.3. The van der Waals surface area contributed by atoms with Crippen molar-refractivity contribution in [1.82, 2.24) is 24.7 Å². The second kappa shape index (κ2) is 12.8. The number of aromatic carboxylic acids is 2. The van der Waals surface area contributed by atoms with Crippen molar-refractivity contribution in [3.8, 4) is 11.4 Å². The first-order chi connectivity index (χ1) is 21.5. The average Bonchev–Trinajstić information content (AvgIpc) is 3.69. The molecule has 0 radical (unpaired) electrons. The summed E-state index contributed by atoms with van der Waals surface area (Å²) in [6.45, 7) is 6.03. The number of benzene rings is 3. The number of halogens is 3. The summed E-state index contributed by atoms with van der Waals surface area (Å²) in [6.07, 6.45) is -1.23. The number of anilines is 1. The van der Waals surface area contributed by atoms with Gasteiger partial charge in [0.1, 0.15) is 6.33 Å². The van der Waals surface area contributed by atoms with Gasteiger partial charge in [-0.15, -0.1) is 0 Å². The van der Waals surface area contributed by atoms with Crippen molar-refractivity contribution < 1.29 is 37.7 Å². The number of alkyl halides is 3. The molecule has 234 valence electrons. The number of hydrogen-bond acceptors (Lipinski definition) is 7. The number of nitrogens with zero attached hydrogens (tertiary/aromatic N) is 5. The molecule has 1 aliphatic heterocycles. The molecule has 0 amide bonds. The molecule has 11 nitrogen and oxygen atoms in total. The minimum absolute atomic E-state index is 0.0277. The van der Waals surface area contributed by atoms with E-state index < -0.39 is 23.7 Å². The van der Waals surface area contributed by atoms with Gasteiger partial charge in [-0.3, -0.25) is 5.10 Å². The van der Waals surface area contributed by atoms with Crippen LogP contribution in [0, 0.1) is 13.8 Å². The Morgan fingerprint density at radius 1 is 0.956 bits per heavy atom. The lowest BCUT2D eigenvalue weighted by molar-refractivity contribution is -0.138. The number of hydrogen-bond donors (Lipinski definition) is 3. The lowest BCUT2D eigenvalue weighted by Crippen LogP contribution is -2.36. The number of imidazole rings is 1. The topological polar surface area (TPSA) is 146 Å². The highest BCUT2D eigenvalue weighted by Crippen LogP contribution is 2.35. The van der Waals surface area contributed by atoms with Gasteiger partial charge in [0, 0.05) is 25.3 Å². The number of aromatic nitrogens is 5. The van der Waals surface area contributed by atoms with Gasteiger partial charge in [-0.25, -0.2) is 19.6 Å². The predicted molar refractivity (Wildman–Crippen MR) is 159 cm³/mol. The molecule has 14 heteroatoms. The van der Waals surface area contributed by atoms with Crippen LogP contribution in [0.5, 0.6) is 0 Å². The fourth-order valence-electron chi connectivity index (χ4n) is 5.23. The molecular weight excluding hydrogens is 593 g/mol. The number of aromatic amines is 1. The molecule has 1 fully saturated rings. The molecule has 0 aliphatic carbocycles. The summed E-state index contributed by atoms with van der Waals surface area (Å²) in [5.74, 6) is -1.70. The third-order valence-electron chi connectivity index (χ3n) is 7.63. The van der Waals surface area contributed by atoms with Gasteiger partial charge in [-0.2, -0.15) is 18.3 Å². The predicted octanol–water partition coefficient (Wildman–Crippen LogP) is 5.42. The van der Waals surface area contributed by atoms with E-state index in [1.165, 1.54) is 44.4 Å². The van der Waals surface area contributed by atoms with E-state index in [9.17, 15) is 22.8 Å². The van der Waals surface area contributed by atoms with Gasteiger partial charge in [0.2, 0.25) is 0 Å². The van der Waals surface area contributed by atoms with Gasteiger partial charge in [0.15, 0.2) is 5.82 Å². The number of morpholine rings is 1. The van der Waals surface area contributed by atoms with Crippen molar-refractivity contribution in [2.75, 3.05) is 31.2 Å². The Bertz CT molecular complexity index is 1810. The maximum absolute atomic E-state index is 13.4. The number of rotatable bonds is 6. The van der Waals surface area contributed by atoms with Gasteiger partial charge in [0.05, 0.1) is 52.8 Å². The zero-order valence-corrected chi connectivity index (χ0v) is 24.3. The van der Waals surface area contributed by atoms with E-state index >= 15 is 0 Å². The van der Waals surface area contributed by atoms with Gasteiger partial charge < -0.3 is 24.4 Å². The number of nitrogens with one attached hydrogen (secondary N) is 1. The third-order valence-corrected chi connectivity index (χ3v) is 7.63. The maximum Gasteiger partial charge on any atom is 0.416 e. The van der Waals surface area contributed by atoms with Gasteiger partial charge in [-0.05, 0) is 60.9 Å². The highest BCUT2D eigenvalue weighted by Gasteiger charge is 2.33. The van der Waals surface area contributed by atoms with Crippen molar-refractivity contribution >= 4 is 28.7 Å². The van der Waals surface area contributed by atoms with Crippen LogP contribution >= 0.6 is 0 Å². The molecule has 1 saturated heterocycles. The van der Waals surface area contributed by atoms with Crippen LogP contribution in [0.25, 0.3) is 22.4 Å². The van der Waals surface area contributed by atoms with Crippen molar-refractivity contribution in [1.29, 1.82) is 0 Å². The summed E-state index contributed by atoms with van der Waals surface area (Å²) in [4.78, 5) is 32.3. The van der Waals surface area contributed by atoms with E-state index in [1.807, 2.05) is 16.7 Å². The number of carboxylic acid groups (broad SMARTS) is 2. The van der Waals surface area contributed by atoms with E-state index in [2.05, 4.69) is 25.1 Å². The fraction of sp³-hybridized carbons (Fsp3) is 0.258. The molecule has 3 heterocycles. The molecule has 2 aromatic heterocycles. The third kappa shape index (κ3) is 6.65. The van der Waals surface area contributed by atoms with Crippen molar-refractivity contribution in [3.63, 3.8) is 0 Å². The fourth-order valence-corrected chi connectivity index (χ4v) is 5.23. The largest absolute Gasteiger partial charge is 0.478 e. The molecule has 0 unspecified atom stereocenters. The van der Waals surface area contributed by atoms with Crippen LogP contribution in [-0.2, 0) is 17.5 Å². The van der Waals surface area contributed by atoms with Gasteiger partial charge >= 0.3 is 18.1 Å². The number of fused-ring (bicyclic) bond motifs is 1. The van der Waals surface area contributed by atoms with Crippen molar-refractivity contribution in [2.24, 2.45) is 0 Å². The Labute approximate surface area is 254 Å². The number of carbonyl (C=O) groups is 2. The van der Waals surface area contributed by atoms with Crippen molar-refractivity contribution in [2.45, 2.75) is 26.6 Å². The van der Waals surface area contributed by atoms with Crippen LogP contribution in [-0.4, -0.2) is 73.2 Å². The summed E-state index contributed by atoms with van der Waals surface area (Å²) in [7, 11) is 0. The Morgan fingerprint density at radius 2 is 1.62 bits per heavy atom. The van der Waals surface area contributed by atoms with Crippen LogP contribution in [0.1, 0.15) is 43.0 Å². The SMILES string of the molecule is Cc1c(C(=O)O)cccc1C(=O)O.Cc1c(Cn2cnc3c(-c4nc[nH]n4)cc(N4CCOCC4)cc32)cccc1C(F)(F)F. The molecular formula is C31H29F3N6O5. The van der Waals surface area contributed by atoms with E-state index in [0.717, 1.165) is 35.9 Å². The molecule has 3 N–H and O–H groups in total. The average molecular weight is 623 g/mol. The number of ether oxygens (including phenoxy) is 1. The van der Waals surface area contributed by atoms with Crippen LogP contribution in [0.2, 0.25) is 0 Å². The van der Waals surface area contributed by atoms with E-state index in [-0.39, 0.29) is 28.8 Å². The second-order valence-electron chi connectivity index (χ2n) is 10.3. The van der Waals surface area contributed by atoms with E-state index in [0.29, 0.717) is 30.1 Å². The molecule has 1 aliphatic rings. The summed E-state index contributed by atoms with van der Waals surface area (Å²) < 4.78 is 47.5. The molecule has 0 spiro atoms. The van der Waals surface area contributed by atoms with Crippen LogP contribution in [0.3, 0.4) is 0 Å². The normalized spacial score (nSPS) is 13.4. The maximum atomic E-state index is 13.4.